The van der Waals surface area contributed by atoms with Crippen LogP contribution >= 0.6 is 0 Å². The zero-order chi connectivity index (χ0) is 31.9. The van der Waals surface area contributed by atoms with Crippen LogP contribution < -0.4 is 10.2 Å². The lowest BCUT2D eigenvalue weighted by Gasteiger charge is -2.33. The maximum Gasteiger partial charge on any atom is 0.428 e. The van der Waals surface area contributed by atoms with Gasteiger partial charge in [0, 0.05) is 32.7 Å². The zero-order valence-electron chi connectivity index (χ0n) is 25.3. The minimum Gasteiger partial charge on any atom is -0.470 e. The highest BCUT2D eigenvalue weighted by Crippen LogP contribution is 2.35. The lowest BCUT2D eigenvalue weighted by atomic mass is 9.76. The van der Waals surface area contributed by atoms with Crippen LogP contribution in [0.2, 0.25) is 0 Å². The summed E-state index contributed by atoms with van der Waals surface area (Å²) >= 11 is 0. The number of amides is 2. The Balaban J connectivity index is 2.31. The smallest absolute Gasteiger partial charge is 0.428 e. The van der Waals surface area contributed by atoms with Crippen molar-refractivity contribution in [1.82, 2.24) is 20.2 Å². The van der Waals surface area contributed by atoms with Crippen molar-refractivity contribution >= 4 is 23.9 Å². The molecule has 1 heterocycles. The fourth-order valence-corrected chi connectivity index (χ4v) is 3.96. The van der Waals surface area contributed by atoms with E-state index in [0.29, 0.717) is 17.5 Å². The average Bonchev–Trinajstić information content (AvgIpc) is 3.39. The van der Waals surface area contributed by atoms with Gasteiger partial charge in [0.05, 0.1) is 18.4 Å². The number of nitrogens with zero attached hydrogens (tertiary/aromatic N) is 3. The Morgan fingerprint density at radius 1 is 1.10 bits per heavy atom. The highest BCUT2D eigenvalue weighted by molar-refractivity contribution is 5.89. The monoisotopic (exact) mass is 594 g/mol. The largest absolute Gasteiger partial charge is 0.470 e. The van der Waals surface area contributed by atoms with Gasteiger partial charge in [-0.15, -0.1) is 5.10 Å². The molecule has 0 saturated heterocycles. The Morgan fingerprint density at radius 3 is 2.33 bits per heavy atom. The third kappa shape index (κ3) is 9.81. The van der Waals surface area contributed by atoms with Gasteiger partial charge < -0.3 is 14.2 Å². The molecule has 0 saturated carbocycles. The lowest BCUT2D eigenvalue weighted by molar-refractivity contribution is -0.144. The minimum absolute atomic E-state index is 0.142. The highest BCUT2D eigenvalue weighted by Gasteiger charge is 2.41. The number of alkyl halides is 2. The van der Waals surface area contributed by atoms with E-state index in [1.165, 1.54) is 40.3 Å². The Hall–Kier alpha value is -4.03. The summed E-state index contributed by atoms with van der Waals surface area (Å²) < 4.78 is 46.3. The molecule has 1 unspecified atom stereocenters. The number of nitrogens with one attached hydrogen (secondary N) is 1. The molecule has 0 aliphatic carbocycles. The molecule has 0 fully saturated rings. The van der Waals surface area contributed by atoms with Gasteiger partial charge in [-0.1, -0.05) is 31.2 Å². The first kappa shape index (κ1) is 34.2. The van der Waals surface area contributed by atoms with Crippen molar-refractivity contribution in [3.05, 3.63) is 47.7 Å². The van der Waals surface area contributed by atoms with Crippen LogP contribution in [0, 0.1) is 5.92 Å². The third-order valence-corrected chi connectivity index (χ3v) is 6.46. The molecule has 11 nitrogen and oxygen atoms in total. The van der Waals surface area contributed by atoms with Gasteiger partial charge in [-0.25, -0.2) is 23.3 Å². The second kappa shape index (κ2) is 13.8. The molecule has 1 aromatic carbocycles. The van der Waals surface area contributed by atoms with E-state index in [9.17, 15) is 19.2 Å². The summed E-state index contributed by atoms with van der Waals surface area (Å²) in [6.45, 7) is 8.43. The summed E-state index contributed by atoms with van der Waals surface area (Å²) in [7, 11) is 2.58. The molecule has 0 spiro atoms. The van der Waals surface area contributed by atoms with Crippen LogP contribution in [0.3, 0.4) is 0 Å². The number of ether oxygens (including phenoxy) is 3. The number of hydrogen-bond acceptors (Lipinski definition) is 8. The molecule has 2 aromatic rings. The number of carbonyl (C=O) groups excluding carboxylic acids is 4. The molecule has 1 N–H and O–H groups in total. The maximum absolute atomic E-state index is 15.0. The second-order valence-electron chi connectivity index (χ2n) is 11.4. The number of hydrazine groups is 1. The third-order valence-electron chi connectivity index (χ3n) is 6.46. The highest BCUT2D eigenvalue weighted by atomic mass is 19.3. The van der Waals surface area contributed by atoms with Crippen molar-refractivity contribution in [2.45, 2.75) is 77.7 Å². The van der Waals surface area contributed by atoms with Gasteiger partial charge in [-0.05, 0) is 51.7 Å². The Kier molecular flexibility index (Phi) is 11.2. The van der Waals surface area contributed by atoms with E-state index in [2.05, 4.69) is 10.5 Å². The summed E-state index contributed by atoms with van der Waals surface area (Å²) in [4.78, 5) is 49.5. The molecular weight excluding hydrogens is 554 g/mol. The fraction of sp³-hybridized carbons (Fsp3) is 0.552. The summed E-state index contributed by atoms with van der Waals surface area (Å²) in [5.74, 6) is -5.53. The van der Waals surface area contributed by atoms with Gasteiger partial charge in [-0.2, -0.15) is 0 Å². The van der Waals surface area contributed by atoms with E-state index in [0.717, 1.165) is 9.69 Å². The van der Waals surface area contributed by atoms with E-state index in [1.54, 1.807) is 52.0 Å². The van der Waals surface area contributed by atoms with E-state index in [-0.39, 0.29) is 12.3 Å². The molecule has 0 aliphatic rings. The topological polar surface area (TPSA) is 129 Å². The summed E-state index contributed by atoms with van der Waals surface area (Å²) in [6, 6.07) is 8.03. The van der Waals surface area contributed by atoms with E-state index >= 15 is 8.78 Å². The predicted molar refractivity (Wildman–Crippen MR) is 149 cm³/mol. The first-order valence-corrected chi connectivity index (χ1v) is 13.4. The molecule has 0 bridgehead atoms. The first-order chi connectivity index (χ1) is 19.4. The lowest BCUT2D eigenvalue weighted by Crippen LogP contribution is -2.52. The van der Waals surface area contributed by atoms with Crippen LogP contribution in [0.4, 0.5) is 13.6 Å². The van der Waals surface area contributed by atoms with Crippen molar-refractivity contribution in [3.8, 4) is 5.88 Å². The second-order valence-corrected chi connectivity index (χ2v) is 11.4. The number of benzene rings is 1. The maximum atomic E-state index is 15.0. The van der Waals surface area contributed by atoms with Crippen molar-refractivity contribution in [2.75, 3.05) is 20.8 Å². The molecule has 232 valence electrons. The van der Waals surface area contributed by atoms with Gasteiger partial charge in [0.2, 0.25) is 17.7 Å². The zero-order valence-corrected chi connectivity index (χ0v) is 25.3. The molecule has 2 amide bonds. The van der Waals surface area contributed by atoms with Gasteiger partial charge in [0.15, 0.2) is 6.61 Å². The van der Waals surface area contributed by atoms with Crippen LogP contribution in [-0.4, -0.2) is 71.0 Å². The Morgan fingerprint density at radius 2 is 1.76 bits per heavy atom. The van der Waals surface area contributed by atoms with Crippen LogP contribution in [0.15, 0.2) is 36.5 Å². The molecule has 0 aliphatic heterocycles. The summed E-state index contributed by atoms with van der Waals surface area (Å²) in [6.07, 6.45) is -0.333. The van der Waals surface area contributed by atoms with Crippen molar-refractivity contribution < 1.29 is 42.2 Å². The van der Waals surface area contributed by atoms with Gasteiger partial charge >= 0.3 is 12.1 Å². The molecular formula is C29H40F2N4O7. The van der Waals surface area contributed by atoms with Crippen molar-refractivity contribution in [2.24, 2.45) is 5.92 Å². The standard InChI is InChI=1S/C29H40F2N4O7/c1-19(24(37)40-8)16-21-10-9-11-22(17-21)28(6,25(38)33-34(7)26(39)42-27(3,4)5)13-14-29(30,31)18-41-23-12-15-35(32-23)20(2)36/h9-12,15,17,19H,13-14,16,18H2,1-8H3,(H,33,38)/t19-,28?/m1/s1. The summed E-state index contributed by atoms with van der Waals surface area (Å²) in [5.41, 5.74) is 1.19. The molecule has 42 heavy (non-hydrogen) atoms. The number of halogens is 2. The quantitative estimate of drug-likeness (QED) is 0.297. The van der Waals surface area contributed by atoms with Crippen LogP contribution in [0.5, 0.6) is 5.88 Å². The Bertz CT molecular complexity index is 1270. The molecule has 13 heteroatoms. The number of methoxy groups -OCH3 is 1. The van der Waals surface area contributed by atoms with Crippen LogP contribution in [0.25, 0.3) is 0 Å². The minimum atomic E-state index is -3.38. The van der Waals surface area contributed by atoms with Crippen LogP contribution in [0.1, 0.15) is 70.3 Å². The van der Waals surface area contributed by atoms with Crippen LogP contribution in [-0.2, 0) is 30.9 Å². The van der Waals surface area contributed by atoms with E-state index in [1.807, 2.05) is 0 Å². The van der Waals surface area contributed by atoms with Gasteiger partial charge in [0.1, 0.15) is 5.60 Å². The summed E-state index contributed by atoms with van der Waals surface area (Å²) in [5, 5.41) is 4.65. The number of aromatic nitrogens is 2. The number of esters is 1. The first-order valence-electron chi connectivity index (χ1n) is 13.4. The molecule has 2 rings (SSSR count). The van der Waals surface area contributed by atoms with Gasteiger partial charge in [-0.3, -0.25) is 19.8 Å². The van der Waals surface area contributed by atoms with Crippen molar-refractivity contribution in [3.63, 3.8) is 0 Å². The Labute approximate surface area is 244 Å². The normalized spacial score (nSPS) is 13.9. The average molecular weight is 595 g/mol. The van der Waals surface area contributed by atoms with Crippen molar-refractivity contribution in [1.29, 1.82) is 0 Å². The van der Waals surface area contributed by atoms with E-state index in [4.69, 9.17) is 14.2 Å². The molecule has 1 aromatic heterocycles. The number of carbonyl (C=O) groups is 4. The van der Waals surface area contributed by atoms with E-state index < -0.39 is 59.8 Å². The molecule has 0 radical (unpaired) electrons. The predicted octanol–water partition coefficient (Wildman–Crippen LogP) is 4.55. The number of hydrogen-bond donors (Lipinski definition) is 1. The SMILES string of the molecule is COC(=O)[C@H](C)Cc1cccc(C(C)(CCC(F)(F)COc2ccn(C(C)=O)n2)C(=O)NN(C)C(=O)OC(C)(C)C)c1. The molecule has 2 atom stereocenters. The van der Waals surface area contributed by atoms with Gasteiger partial charge in [0.25, 0.3) is 5.92 Å². The fourth-order valence-electron chi connectivity index (χ4n) is 3.96. The number of rotatable bonds is 11.